The molecule has 0 unspecified atom stereocenters. The van der Waals surface area contributed by atoms with Gasteiger partial charge in [0.15, 0.2) is 0 Å². The molecule has 120 valence electrons. The summed E-state index contributed by atoms with van der Waals surface area (Å²) in [6.45, 7) is 9.90. The molecule has 0 atom stereocenters. The maximum absolute atomic E-state index is 5.89. The maximum atomic E-state index is 5.89. The Bertz CT molecular complexity index is 406. The molecule has 0 fully saturated rings. The quantitative estimate of drug-likeness (QED) is 0.619. The highest BCUT2D eigenvalue weighted by atomic mass is 28.4. The molecule has 0 radical (unpaired) electrons. The van der Waals surface area contributed by atoms with E-state index in [1.165, 1.54) is 11.1 Å². The van der Waals surface area contributed by atoms with E-state index in [2.05, 4.69) is 19.1 Å². The van der Waals surface area contributed by atoms with E-state index < -0.39 is 8.80 Å². The van der Waals surface area contributed by atoms with Crippen LogP contribution in [0.4, 0.5) is 0 Å². The summed E-state index contributed by atoms with van der Waals surface area (Å²) in [7, 11) is -0.881. The molecule has 0 aliphatic carbocycles. The largest absolute Gasteiger partial charge is 0.501 e. The number of hydrogen-bond acceptors (Lipinski definition) is 4. The summed E-state index contributed by atoms with van der Waals surface area (Å²) in [6.07, 6.45) is 0.870. The molecule has 0 spiro atoms. The fourth-order valence-electron chi connectivity index (χ4n) is 2.33. The first-order chi connectivity index (χ1) is 10.1. The van der Waals surface area contributed by atoms with Gasteiger partial charge in [0.25, 0.3) is 0 Å². The van der Waals surface area contributed by atoms with Gasteiger partial charge >= 0.3 is 8.80 Å². The Morgan fingerprint density at radius 3 is 2.00 bits per heavy atom. The highest BCUT2D eigenvalue weighted by Gasteiger charge is 2.39. The minimum atomic E-state index is -2.57. The molecule has 0 N–H and O–H groups in total. The van der Waals surface area contributed by atoms with Crippen LogP contribution in [0.2, 0.25) is 6.04 Å². The molecule has 1 rings (SSSR count). The highest BCUT2D eigenvalue weighted by Crippen LogP contribution is 2.23. The second-order valence-electron chi connectivity index (χ2n) is 4.77. The van der Waals surface area contributed by atoms with E-state index in [9.17, 15) is 0 Å². The first-order valence-corrected chi connectivity index (χ1v) is 9.59. The number of rotatable bonds is 10. The molecule has 0 heterocycles. The third kappa shape index (κ3) is 5.43. The van der Waals surface area contributed by atoms with Crippen LogP contribution in [0, 0.1) is 6.92 Å². The van der Waals surface area contributed by atoms with Gasteiger partial charge in [0, 0.05) is 25.9 Å². The highest BCUT2D eigenvalue weighted by molar-refractivity contribution is 6.60. The minimum absolute atomic E-state index is 0.614. The third-order valence-electron chi connectivity index (χ3n) is 3.35. The van der Waals surface area contributed by atoms with E-state index in [4.69, 9.17) is 18.0 Å². The Hall–Kier alpha value is -0.883. The van der Waals surface area contributed by atoms with Gasteiger partial charge in [-0.25, -0.2) is 0 Å². The van der Waals surface area contributed by atoms with Crippen LogP contribution in [-0.2, 0) is 19.7 Å². The zero-order valence-electron chi connectivity index (χ0n) is 13.9. The van der Waals surface area contributed by atoms with Crippen molar-refractivity contribution in [3.8, 4) is 5.75 Å². The van der Waals surface area contributed by atoms with Crippen molar-refractivity contribution >= 4 is 8.80 Å². The Labute approximate surface area is 129 Å². The SMILES string of the molecule is CCO[Si](CCc1cc(OC)ccc1C)(OCC)OCC. The topological polar surface area (TPSA) is 36.9 Å². The lowest BCUT2D eigenvalue weighted by atomic mass is 10.1. The standard InChI is InChI=1S/C16H28O4Si/c1-6-18-21(19-7-2,20-8-3)12-11-15-13-16(17-5)10-9-14(15)4/h9-10,13H,6-8,11-12H2,1-5H3. The summed E-state index contributed by atoms with van der Waals surface area (Å²) in [5, 5.41) is 0. The predicted octanol–water partition coefficient (Wildman–Crippen LogP) is 3.59. The van der Waals surface area contributed by atoms with Crippen molar-refractivity contribution in [3.63, 3.8) is 0 Å². The van der Waals surface area contributed by atoms with Crippen LogP contribution in [-0.4, -0.2) is 35.7 Å². The molecule has 0 saturated heterocycles. The number of methoxy groups -OCH3 is 1. The number of benzene rings is 1. The predicted molar refractivity (Wildman–Crippen MR) is 86.9 cm³/mol. The molecule has 4 nitrogen and oxygen atoms in total. The smallest absolute Gasteiger partial charge is 0.497 e. The first-order valence-electron chi connectivity index (χ1n) is 7.66. The first kappa shape index (κ1) is 18.2. The van der Waals surface area contributed by atoms with Crippen molar-refractivity contribution in [2.75, 3.05) is 26.9 Å². The molecule has 0 aliphatic rings. The van der Waals surface area contributed by atoms with E-state index >= 15 is 0 Å². The van der Waals surface area contributed by atoms with Crippen molar-refractivity contribution in [3.05, 3.63) is 29.3 Å². The van der Waals surface area contributed by atoms with Crippen LogP contribution < -0.4 is 4.74 Å². The normalized spacial score (nSPS) is 11.7. The lowest BCUT2D eigenvalue weighted by molar-refractivity contribution is 0.0714. The Balaban J connectivity index is 2.84. The average Bonchev–Trinajstić information content (AvgIpc) is 2.47. The van der Waals surface area contributed by atoms with Crippen LogP contribution in [0.15, 0.2) is 18.2 Å². The van der Waals surface area contributed by atoms with Gasteiger partial charge in [-0.2, -0.15) is 0 Å². The van der Waals surface area contributed by atoms with Crippen molar-refractivity contribution in [1.82, 2.24) is 0 Å². The van der Waals surface area contributed by atoms with Gasteiger partial charge in [0.2, 0.25) is 0 Å². The summed E-state index contributed by atoms with van der Waals surface area (Å²) in [5.74, 6) is 0.882. The maximum Gasteiger partial charge on any atom is 0.501 e. The zero-order valence-corrected chi connectivity index (χ0v) is 14.9. The molecule has 0 amide bonds. The fourth-order valence-corrected chi connectivity index (χ4v) is 4.91. The van der Waals surface area contributed by atoms with Gasteiger partial charge in [-0.1, -0.05) is 6.07 Å². The van der Waals surface area contributed by atoms with Gasteiger partial charge in [0.1, 0.15) is 5.75 Å². The molecule has 0 bridgehead atoms. The van der Waals surface area contributed by atoms with E-state index in [1.807, 2.05) is 26.8 Å². The molecule has 0 aliphatic heterocycles. The average molecular weight is 312 g/mol. The lowest BCUT2D eigenvalue weighted by Gasteiger charge is -2.28. The van der Waals surface area contributed by atoms with Crippen molar-refractivity contribution in [2.45, 2.75) is 40.2 Å². The van der Waals surface area contributed by atoms with Crippen LogP contribution in [0.5, 0.6) is 5.75 Å². The van der Waals surface area contributed by atoms with E-state index in [0.717, 1.165) is 18.2 Å². The Morgan fingerprint density at radius 1 is 0.952 bits per heavy atom. The molecular weight excluding hydrogens is 284 g/mol. The number of hydrogen-bond donors (Lipinski definition) is 0. The molecule has 0 saturated carbocycles. The number of ether oxygens (including phenoxy) is 1. The van der Waals surface area contributed by atoms with Crippen LogP contribution in [0.1, 0.15) is 31.9 Å². The van der Waals surface area contributed by atoms with Gasteiger partial charge in [-0.15, -0.1) is 0 Å². The summed E-state index contributed by atoms with van der Waals surface area (Å²) in [4.78, 5) is 0. The van der Waals surface area contributed by atoms with Gasteiger partial charge in [-0.05, 0) is 57.4 Å². The minimum Gasteiger partial charge on any atom is -0.497 e. The van der Waals surface area contributed by atoms with E-state index in [1.54, 1.807) is 7.11 Å². The Kier molecular flexibility index (Phi) is 7.96. The second-order valence-corrected chi connectivity index (χ2v) is 7.51. The monoisotopic (exact) mass is 312 g/mol. The van der Waals surface area contributed by atoms with Crippen LogP contribution in [0.25, 0.3) is 0 Å². The van der Waals surface area contributed by atoms with Gasteiger partial charge in [-0.3, -0.25) is 0 Å². The van der Waals surface area contributed by atoms with Crippen LogP contribution >= 0.6 is 0 Å². The molecule has 1 aromatic rings. The molecule has 1 aromatic carbocycles. The summed E-state index contributed by atoms with van der Waals surface area (Å²) >= 11 is 0. The molecule has 5 heteroatoms. The van der Waals surface area contributed by atoms with Crippen molar-refractivity contribution < 1.29 is 18.0 Å². The van der Waals surface area contributed by atoms with Gasteiger partial charge < -0.3 is 18.0 Å². The second kappa shape index (κ2) is 9.20. The molecular formula is C16H28O4Si. The summed E-state index contributed by atoms with van der Waals surface area (Å²) in [6, 6.07) is 6.94. The molecule has 21 heavy (non-hydrogen) atoms. The van der Waals surface area contributed by atoms with E-state index in [0.29, 0.717) is 19.8 Å². The van der Waals surface area contributed by atoms with Crippen molar-refractivity contribution in [1.29, 1.82) is 0 Å². The Morgan fingerprint density at radius 2 is 1.52 bits per heavy atom. The number of aryl methyl sites for hydroxylation is 2. The third-order valence-corrected chi connectivity index (χ3v) is 6.40. The lowest BCUT2D eigenvalue weighted by Crippen LogP contribution is -2.46. The van der Waals surface area contributed by atoms with Gasteiger partial charge in [0.05, 0.1) is 7.11 Å². The summed E-state index contributed by atoms with van der Waals surface area (Å²) in [5.41, 5.74) is 2.51. The van der Waals surface area contributed by atoms with Crippen molar-refractivity contribution in [2.24, 2.45) is 0 Å². The summed E-state index contributed by atoms with van der Waals surface area (Å²) < 4.78 is 23.0. The van der Waals surface area contributed by atoms with Crippen LogP contribution in [0.3, 0.4) is 0 Å². The molecule has 0 aromatic heterocycles. The van der Waals surface area contributed by atoms with E-state index in [-0.39, 0.29) is 0 Å². The fraction of sp³-hybridized carbons (Fsp3) is 0.625. The zero-order chi connectivity index (χ0) is 15.7.